The van der Waals surface area contributed by atoms with E-state index in [2.05, 4.69) is 80.3 Å². The zero-order valence-electron chi connectivity index (χ0n) is 17.5. The van der Waals surface area contributed by atoms with E-state index in [1.165, 1.54) is 41.5 Å². The molecule has 146 valence electrons. The number of allylic oxidation sites excluding steroid dienone is 2. The van der Waals surface area contributed by atoms with Crippen LogP contribution in [0.15, 0.2) is 54.1 Å². The van der Waals surface area contributed by atoms with Crippen molar-refractivity contribution in [2.75, 3.05) is 18.0 Å². The molecule has 1 fully saturated rings. The Balaban J connectivity index is 2.04. The van der Waals surface area contributed by atoms with Gasteiger partial charge in [-0.15, -0.1) is 0 Å². The van der Waals surface area contributed by atoms with Crippen molar-refractivity contribution in [2.45, 2.75) is 58.8 Å². The predicted octanol–water partition coefficient (Wildman–Crippen LogP) is 7.07. The first-order chi connectivity index (χ1) is 13.6. The van der Waals surface area contributed by atoms with E-state index in [1.54, 1.807) is 0 Å². The smallest absolute Gasteiger partial charge is 0.101 e. The Morgan fingerprint density at radius 1 is 1.11 bits per heavy atom. The summed E-state index contributed by atoms with van der Waals surface area (Å²) in [6.07, 6.45) is 8.21. The van der Waals surface area contributed by atoms with E-state index in [-0.39, 0.29) is 0 Å². The van der Waals surface area contributed by atoms with Gasteiger partial charge in [-0.25, -0.2) is 0 Å². The standard InChI is InChI=1S/C26H32N2/c1-20(2)11-10-12-21(3)24-17-23(19-27)26(28-15-8-5-9-16-28)18-25(24)22-13-6-4-7-14-22/h4,6-7,11,13-14,17-18,21H,5,8-10,12,15-16H2,1-3H3/t21-/m0/s1. The highest BCUT2D eigenvalue weighted by Gasteiger charge is 2.20. The van der Waals surface area contributed by atoms with Gasteiger partial charge < -0.3 is 4.90 Å². The van der Waals surface area contributed by atoms with E-state index in [0.717, 1.165) is 37.2 Å². The van der Waals surface area contributed by atoms with Crippen LogP contribution in [0.4, 0.5) is 5.69 Å². The second-order valence-corrected chi connectivity index (χ2v) is 8.24. The molecule has 0 aromatic heterocycles. The van der Waals surface area contributed by atoms with Gasteiger partial charge in [0.15, 0.2) is 0 Å². The fourth-order valence-corrected chi connectivity index (χ4v) is 4.14. The molecule has 2 aromatic carbocycles. The zero-order chi connectivity index (χ0) is 19.9. The minimum atomic E-state index is 0.410. The SMILES string of the molecule is CC(C)=CCC[C@H](C)c1cc(C#N)c(N2CCCCC2)cc1-c1ccccc1. The van der Waals surface area contributed by atoms with Crippen molar-refractivity contribution < 1.29 is 0 Å². The van der Waals surface area contributed by atoms with Crippen LogP contribution >= 0.6 is 0 Å². The number of benzene rings is 2. The van der Waals surface area contributed by atoms with Crippen molar-refractivity contribution in [3.05, 3.63) is 65.2 Å². The molecule has 0 N–H and O–H groups in total. The van der Waals surface area contributed by atoms with Gasteiger partial charge in [0.05, 0.1) is 11.3 Å². The Morgan fingerprint density at radius 2 is 1.82 bits per heavy atom. The highest BCUT2D eigenvalue weighted by atomic mass is 15.1. The van der Waals surface area contributed by atoms with Crippen LogP contribution < -0.4 is 4.90 Å². The van der Waals surface area contributed by atoms with E-state index in [4.69, 9.17) is 0 Å². The molecule has 1 aliphatic heterocycles. The average Bonchev–Trinajstić information content (AvgIpc) is 2.73. The third kappa shape index (κ3) is 4.84. The van der Waals surface area contributed by atoms with Crippen molar-refractivity contribution in [1.82, 2.24) is 0 Å². The summed E-state index contributed by atoms with van der Waals surface area (Å²) in [7, 11) is 0. The largest absolute Gasteiger partial charge is 0.370 e. The first-order valence-corrected chi connectivity index (χ1v) is 10.6. The van der Waals surface area contributed by atoms with Crippen LogP contribution in [0.1, 0.15) is 69.9 Å². The normalized spacial score (nSPS) is 15.0. The summed E-state index contributed by atoms with van der Waals surface area (Å²) in [5, 5.41) is 9.88. The Morgan fingerprint density at radius 3 is 2.46 bits per heavy atom. The summed E-state index contributed by atoms with van der Waals surface area (Å²) in [5.41, 5.74) is 7.13. The van der Waals surface area contributed by atoms with Crippen LogP contribution in [-0.4, -0.2) is 13.1 Å². The molecule has 0 radical (unpaired) electrons. The van der Waals surface area contributed by atoms with Gasteiger partial charge in [0.25, 0.3) is 0 Å². The lowest BCUT2D eigenvalue weighted by atomic mass is 9.86. The lowest BCUT2D eigenvalue weighted by Crippen LogP contribution is -2.30. The third-order valence-electron chi connectivity index (χ3n) is 5.75. The quantitative estimate of drug-likeness (QED) is 0.507. The summed E-state index contributed by atoms with van der Waals surface area (Å²) in [4.78, 5) is 2.41. The van der Waals surface area contributed by atoms with E-state index in [1.807, 2.05) is 0 Å². The Labute approximate surface area is 170 Å². The molecule has 3 rings (SSSR count). The highest BCUT2D eigenvalue weighted by Crippen LogP contribution is 2.37. The van der Waals surface area contributed by atoms with Crippen LogP contribution in [-0.2, 0) is 0 Å². The van der Waals surface area contributed by atoms with Gasteiger partial charge in [-0.05, 0) is 80.7 Å². The van der Waals surface area contributed by atoms with Crippen LogP contribution in [0, 0.1) is 11.3 Å². The van der Waals surface area contributed by atoms with Gasteiger partial charge in [0.1, 0.15) is 6.07 Å². The Hall–Kier alpha value is -2.53. The lowest BCUT2D eigenvalue weighted by molar-refractivity contribution is 0.577. The Bertz CT molecular complexity index is 848. The predicted molar refractivity (Wildman–Crippen MR) is 120 cm³/mol. The van der Waals surface area contributed by atoms with Crippen molar-refractivity contribution >= 4 is 5.69 Å². The molecule has 2 heteroatoms. The number of rotatable bonds is 6. The molecule has 0 aliphatic carbocycles. The number of piperidine rings is 1. The molecule has 1 heterocycles. The van der Waals surface area contributed by atoms with Crippen molar-refractivity contribution in [3.63, 3.8) is 0 Å². The number of hydrogen-bond donors (Lipinski definition) is 0. The van der Waals surface area contributed by atoms with E-state index >= 15 is 0 Å². The molecule has 1 aliphatic rings. The highest BCUT2D eigenvalue weighted by molar-refractivity contribution is 5.76. The van der Waals surface area contributed by atoms with Crippen molar-refractivity contribution in [1.29, 1.82) is 5.26 Å². The molecule has 0 amide bonds. The van der Waals surface area contributed by atoms with Crippen molar-refractivity contribution in [3.8, 4) is 17.2 Å². The minimum absolute atomic E-state index is 0.410. The second-order valence-electron chi connectivity index (χ2n) is 8.24. The minimum Gasteiger partial charge on any atom is -0.370 e. The molecule has 2 aromatic rings. The molecule has 0 saturated carbocycles. The first kappa shape index (κ1) is 20.2. The summed E-state index contributed by atoms with van der Waals surface area (Å²) in [6.45, 7) is 8.71. The molecule has 2 nitrogen and oxygen atoms in total. The number of hydrogen-bond acceptors (Lipinski definition) is 2. The van der Waals surface area contributed by atoms with E-state index < -0.39 is 0 Å². The molecule has 1 atom stereocenters. The molecule has 1 saturated heterocycles. The van der Waals surface area contributed by atoms with E-state index in [0.29, 0.717) is 5.92 Å². The fourth-order valence-electron chi connectivity index (χ4n) is 4.14. The summed E-state index contributed by atoms with van der Waals surface area (Å²) in [5.74, 6) is 0.410. The van der Waals surface area contributed by atoms with Gasteiger partial charge in [-0.2, -0.15) is 5.26 Å². The van der Waals surface area contributed by atoms with Crippen LogP contribution in [0.3, 0.4) is 0 Å². The van der Waals surface area contributed by atoms with Crippen molar-refractivity contribution in [2.24, 2.45) is 0 Å². The van der Waals surface area contributed by atoms with Crippen LogP contribution in [0.25, 0.3) is 11.1 Å². The molecule has 0 spiro atoms. The number of nitrogens with zero attached hydrogens (tertiary/aromatic N) is 2. The fraction of sp³-hybridized carbons (Fsp3) is 0.423. The topological polar surface area (TPSA) is 27.0 Å². The molecule has 0 bridgehead atoms. The maximum absolute atomic E-state index is 9.88. The number of nitriles is 1. The zero-order valence-corrected chi connectivity index (χ0v) is 17.5. The maximum atomic E-state index is 9.88. The van der Waals surface area contributed by atoms with Gasteiger partial charge in [-0.3, -0.25) is 0 Å². The second kappa shape index (κ2) is 9.60. The van der Waals surface area contributed by atoms with Crippen LogP contribution in [0.2, 0.25) is 0 Å². The third-order valence-corrected chi connectivity index (χ3v) is 5.75. The average molecular weight is 373 g/mol. The van der Waals surface area contributed by atoms with E-state index in [9.17, 15) is 5.26 Å². The number of anilines is 1. The molecule has 28 heavy (non-hydrogen) atoms. The monoisotopic (exact) mass is 372 g/mol. The first-order valence-electron chi connectivity index (χ1n) is 10.6. The van der Waals surface area contributed by atoms with Gasteiger partial charge >= 0.3 is 0 Å². The molecular formula is C26H32N2. The summed E-state index contributed by atoms with van der Waals surface area (Å²) < 4.78 is 0. The summed E-state index contributed by atoms with van der Waals surface area (Å²) >= 11 is 0. The summed E-state index contributed by atoms with van der Waals surface area (Å²) in [6, 6.07) is 17.6. The van der Waals surface area contributed by atoms with Gasteiger partial charge in [-0.1, -0.05) is 48.9 Å². The molecular weight excluding hydrogens is 340 g/mol. The molecule has 0 unspecified atom stereocenters. The lowest BCUT2D eigenvalue weighted by Gasteiger charge is -2.31. The van der Waals surface area contributed by atoms with Gasteiger partial charge in [0, 0.05) is 13.1 Å². The maximum Gasteiger partial charge on any atom is 0.101 e. The van der Waals surface area contributed by atoms with Gasteiger partial charge in [0.2, 0.25) is 0 Å². The van der Waals surface area contributed by atoms with Crippen LogP contribution in [0.5, 0.6) is 0 Å². The Kier molecular flexibility index (Phi) is 6.93.